The van der Waals surface area contributed by atoms with Gasteiger partial charge in [-0.1, -0.05) is 6.08 Å². The molecule has 0 aromatic carbocycles. The number of ether oxygens (including phenoxy) is 2. The summed E-state index contributed by atoms with van der Waals surface area (Å²) in [6.45, 7) is 5.89. The van der Waals surface area contributed by atoms with Crippen LogP contribution < -0.4 is 4.72 Å². The van der Waals surface area contributed by atoms with Crippen LogP contribution in [0.15, 0.2) is 61.2 Å². The first-order valence-electron chi connectivity index (χ1n) is 10.8. The van der Waals surface area contributed by atoms with Crippen LogP contribution in [0.1, 0.15) is 30.0 Å². The third kappa shape index (κ3) is 6.96. The molecular formula is C24H28FN7O2S. The topological polar surface area (TPSA) is 99.9 Å². The van der Waals surface area contributed by atoms with Crippen LogP contribution in [0, 0.1) is 13.8 Å². The van der Waals surface area contributed by atoms with Crippen LogP contribution in [0.5, 0.6) is 0 Å². The second-order valence-corrected chi connectivity index (χ2v) is 8.76. The van der Waals surface area contributed by atoms with E-state index in [0.29, 0.717) is 29.7 Å². The summed E-state index contributed by atoms with van der Waals surface area (Å²) < 4.78 is 28.5. The molecule has 2 atom stereocenters. The summed E-state index contributed by atoms with van der Waals surface area (Å²) in [5.74, 6) is 2.09. The minimum Gasteiger partial charge on any atom is -0.495 e. The van der Waals surface area contributed by atoms with Gasteiger partial charge in [-0.05, 0) is 62.1 Å². The van der Waals surface area contributed by atoms with Crippen molar-refractivity contribution in [3.63, 3.8) is 0 Å². The van der Waals surface area contributed by atoms with E-state index in [1.165, 1.54) is 31.2 Å². The van der Waals surface area contributed by atoms with Crippen LogP contribution in [0.2, 0.25) is 0 Å². The summed E-state index contributed by atoms with van der Waals surface area (Å²) in [4.78, 5) is 13.1. The Kier molecular flexibility index (Phi) is 9.50. The van der Waals surface area contributed by atoms with Gasteiger partial charge in [-0.3, -0.25) is 14.3 Å². The Labute approximate surface area is 208 Å². The Hall–Kier alpha value is -3.57. The predicted octanol–water partition coefficient (Wildman–Crippen LogP) is 5.07. The van der Waals surface area contributed by atoms with Crippen molar-refractivity contribution < 1.29 is 13.9 Å². The number of allylic oxidation sites excluding steroid dienone is 3. The van der Waals surface area contributed by atoms with E-state index in [9.17, 15) is 4.39 Å². The highest BCUT2D eigenvalue weighted by molar-refractivity contribution is 8.01. The first-order chi connectivity index (χ1) is 17.0. The van der Waals surface area contributed by atoms with Crippen molar-refractivity contribution in [3.8, 4) is 11.4 Å². The highest BCUT2D eigenvalue weighted by atomic mass is 32.2. The van der Waals surface area contributed by atoms with Crippen molar-refractivity contribution in [2.24, 2.45) is 0 Å². The van der Waals surface area contributed by atoms with Gasteiger partial charge in [0.15, 0.2) is 11.6 Å². The number of methoxy groups -OCH3 is 2. The summed E-state index contributed by atoms with van der Waals surface area (Å²) in [5, 5.41) is 8.62. The molecule has 3 rings (SSSR count). The number of pyridine rings is 1. The Bertz CT molecular complexity index is 1190. The molecule has 3 aromatic rings. The number of nitrogens with zero attached hydrogens (tertiary/aromatic N) is 6. The average Bonchev–Trinajstić information content (AvgIpc) is 3.26. The SMILES string of the molecule is COC(/C=C\C=C\F)=C\n1c(NSC(C)C(OC)c2ncc(C)cn2)nnc1-c1cncc(C)c1. The second-order valence-electron chi connectivity index (χ2n) is 7.58. The fourth-order valence-electron chi connectivity index (χ4n) is 3.10. The molecule has 0 aliphatic heterocycles. The second kappa shape index (κ2) is 12.8. The highest BCUT2D eigenvalue weighted by Gasteiger charge is 2.24. The van der Waals surface area contributed by atoms with Gasteiger partial charge in [0.2, 0.25) is 5.95 Å². The van der Waals surface area contributed by atoms with E-state index in [0.717, 1.165) is 16.7 Å². The van der Waals surface area contributed by atoms with Gasteiger partial charge in [-0.2, -0.15) is 0 Å². The van der Waals surface area contributed by atoms with Crippen molar-refractivity contribution in [3.05, 3.63) is 78.1 Å². The van der Waals surface area contributed by atoms with Gasteiger partial charge in [0.05, 0.1) is 24.9 Å². The molecule has 0 spiro atoms. The fourth-order valence-corrected chi connectivity index (χ4v) is 3.89. The smallest absolute Gasteiger partial charge is 0.239 e. The van der Waals surface area contributed by atoms with E-state index in [1.807, 2.05) is 26.8 Å². The summed E-state index contributed by atoms with van der Waals surface area (Å²) in [6.07, 6.45) is 13.2. The number of anilines is 1. The van der Waals surface area contributed by atoms with E-state index >= 15 is 0 Å². The lowest BCUT2D eigenvalue weighted by Crippen LogP contribution is -2.19. The Morgan fingerprint density at radius 1 is 1.09 bits per heavy atom. The third-order valence-electron chi connectivity index (χ3n) is 4.84. The summed E-state index contributed by atoms with van der Waals surface area (Å²) in [7, 11) is 3.16. The van der Waals surface area contributed by atoms with E-state index in [4.69, 9.17) is 9.47 Å². The van der Waals surface area contributed by atoms with Gasteiger partial charge < -0.3 is 9.47 Å². The number of hydrogen-bond donors (Lipinski definition) is 1. The molecule has 0 fully saturated rings. The van der Waals surface area contributed by atoms with Crippen molar-refractivity contribution >= 4 is 24.1 Å². The zero-order valence-corrected chi connectivity index (χ0v) is 21.0. The molecular weight excluding hydrogens is 469 g/mol. The molecule has 0 aliphatic carbocycles. The van der Waals surface area contributed by atoms with Gasteiger partial charge in [-0.15, -0.1) is 10.2 Å². The number of aromatic nitrogens is 6. The molecule has 3 heterocycles. The first kappa shape index (κ1) is 26.0. The maximum absolute atomic E-state index is 12.4. The molecule has 0 amide bonds. The molecule has 0 bridgehead atoms. The van der Waals surface area contributed by atoms with Gasteiger partial charge >= 0.3 is 0 Å². The molecule has 9 nitrogen and oxygen atoms in total. The predicted molar refractivity (Wildman–Crippen MR) is 136 cm³/mol. The van der Waals surface area contributed by atoms with E-state index in [-0.39, 0.29) is 11.4 Å². The molecule has 1 N–H and O–H groups in total. The molecule has 2 unspecified atom stereocenters. The summed E-state index contributed by atoms with van der Waals surface area (Å²) >= 11 is 1.40. The maximum atomic E-state index is 12.4. The van der Waals surface area contributed by atoms with Crippen molar-refractivity contribution in [1.29, 1.82) is 0 Å². The van der Waals surface area contributed by atoms with Crippen LogP contribution in [0.3, 0.4) is 0 Å². The largest absolute Gasteiger partial charge is 0.495 e. The quantitative estimate of drug-likeness (QED) is 0.221. The van der Waals surface area contributed by atoms with Crippen LogP contribution in [-0.2, 0) is 9.47 Å². The fraction of sp³-hybridized carbons (Fsp3) is 0.292. The first-order valence-corrected chi connectivity index (χ1v) is 11.6. The Morgan fingerprint density at radius 3 is 2.51 bits per heavy atom. The van der Waals surface area contributed by atoms with Crippen LogP contribution in [0.4, 0.5) is 10.3 Å². The number of aryl methyl sites for hydroxylation is 2. The van der Waals surface area contributed by atoms with Crippen molar-refractivity contribution in [1.82, 2.24) is 29.7 Å². The molecule has 0 radical (unpaired) electrons. The zero-order chi connectivity index (χ0) is 25.2. The zero-order valence-electron chi connectivity index (χ0n) is 20.2. The lowest BCUT2D eigenvalue weighted by Gasteiger charge is -2.21. The lowest BCUT2D eigenvalue weighted by atomic mass is 10.2. The lowest BCUT2D eigenvalue weighted by molar-refractivity contribution is 0.0972. The molecule has 0 saturated carbocycles. The summed E-state index contributed by atoms with van der Waals surface area (Å²) in [5.41, 5.74) is 2.75. The number of hydrogen-bond acceptors (Lipinski definition) is 9. The minimum atomic E-state index is -0.342. The van der Waals surface area contributed by atoms with Crippen molar-refractivity contribution in [2.45, 2.75) is 32.1 Å². The van der Waals surface area contributed by atoms with Crippen LogP contribution >= 0.6 is 11.9 Å². The number of nitrogens with one attached hydrogen (secondary N) is 1. The molecule has 35 heavy (non-hydrogen) atoms. The number of rotatable bonds is 11. The van der Waals surface area contributed by atoms with Gasteiger partial charge in [0.25, 0.3) is 0 Å². The Balaban J connectivity index is 1.91. The van der Waals surface area contributed by atoms with Gasteiger partial charge in [0.1, 0.15) is 11.9 Å². The molecule has 11 heteroatoms. The Morgan fingerprint density at radius 2 is 1.86 bits per heavy atom. The van der Waals surface area contributed by atoms with Crippen LogP contribution in [-0.4, -0.2) is 49.2 Å². The maximum Gasteiger partial charge on any atom is 0.239 e. The molecule has 184 valence electrons. The van der Waals surface area contributed by atoms with Crippen molar-refractivity contribution in [2.75, 3.05) is 18.9 Å². The van der Waals surface area contributed by atoms with E-state index in [1.54, 1.807) is 48.7 Å². The van der Waals surface area contributed by atoms with Gasteiger partial charge in [-0.25, -0.2) is 14.4 Å². The van der Waals surface area contributed by atoms with E-state index in [2.05, 4.69) is 29.9 Å². The highest BCUT2D eigenvalue weighted by Crippen LogP contribution is 2.29. The minimum absolute atomic E-state index is 0.0718. The van der Waals surface area contributed by atoms with E-state index < -0.39 is 0 Å². The molecule has 0 saturated heterocycles. The molecule has 0 aliphatic rings. The molecule has 3 aromatic heterocycles. The average molecular weight is 498 g/mol. The third-order valence-corrected chi connectivity index (χ3v) is 5.76. The normalized spacial score (nSPS) is 13.9. The van der Waals surface area contributed by atoms with Gasteiger partial charge in [0, 0.05) is 37.5 Å². The standard InChI is InChI=1S/C24H28FN7O2S/c1-16-10-19(14-26-11-16)23-29-30-24(32(23)15-20(33-4)8-6-7-9-25)31-35-18(3)21(34-5)22-27-12-17(2)13-28-22/h6-15,18,21H,1-5H3,(H,30,31)/b8-6-,9-7+,20-15-. The monoisotopic (exact) mass is 497 g/mol. The van der Waals surface area contributed by atoms with Crippen LogP contribution in [0.25, 0.3) is 17.6 Å². The number of halogens is 1. The summed E-state index contributed by atoms with van der Waals surface area (Å²) in [6, 6.07) is 1.96.